The van der Waals surface area contributed by atoms with E-state index in [1.165, 1.54) is 25.7 Å². The van der Waals surface area contributed by atoms with Gasteiger partial charge in [0.2, 0.25) is 0 Å². The number of hydrogen-bond acceptors (Lipinski definition) is 4. The van der Waals surface area contributed by atoms with E-state index in [2.05, 4.69) is 22.6 Å². The highest BCUT2D eigenvalue weighted by molar-refractivity contribution is 7.99. The summed E-state index contributed by atoms with van der Waals surface area (Å²) in [6.45, 7) is 0. The number of ether oxygens (including phenoxy) is 1. The fourth-order valence-electron chi connectivity index (χ4n) is 3.19. The van der Waals surface area contributed by atoms with Crippen LogP contribution >= 0.6 is 11.8 Å². The highest BCUT2D eigenvalue weighted by Gasteiger charge is 2.25. The van der Waals surface area contributed by atoms with Crippen LogP contribution in [0.5, 0.6) is 5.75 Å². The summed E-state index contributed by atoms with van der Waals surface area (Å²) in [5.41, 5.74) is 0. The number of nitrogens with zero attached hydrogens (tertiary/aromatic N) is 1. The van der Waals surface area contributed by atoms with E-state index in [0.717, 1.165) is 22.3 Å². The van der Waals surface area contributed by atoms with E-state index in [0.29, 0.717) is 11.3 Å². The smallest absolute Gasteiger partial charge is 0.134 e. The van der Waals surface area contributed by atoms with Crippen LogP contribution in [-0.4, -0.2) is 29.6 Å². The lowest BCUT2D eigenvalue weighted by Gasteiger charge is -2.31. The van der Waals surface area contributed by atoms with Crippen LogP contribution in [0.2, 0.25) is 0 Å². The van der Waals surface area contributed by atoms with Crippen molar-refractivity contribution in [1.82, 2.24) is 4.98 Å². The fourth-order valence-corrected chi connectivity index (χ4v) is 4.13. The molecule has 0 radical (unpaired) electrons. The van der Waals surface area contributed by atoms with Crippen LogP contribution in [0.4, 0.5) is 5.82 Å². The summed E-state index contributed by atoms with van der Waals surface area (Å²) < 4.78 is 5.46. The van der Waals surface area contributed by atoms with E-state index in [1.807, 2.05) is 36.2 Å². The molecule has 0 amide bonds. The Hall–Kier alpha value is -1.42. The second kappa shape index (κ2) is 6.56. The molecule has 0 spiro atoms. The number of rotatable bonds is 4. The van der Waals surface area contributed by atoms with Gasteiger partial charge in [-0.25, -0.2) is 4.98 Å². The maximum Gasteiger partial charge on any atom is 0.134 e. The van der Waals surface area contributed by atoms with Gasteiger partial charge in [-0.15, -0.1) is 0 Å². The molecular weight excluding hydrogens is 280 g/mol. The van der Waals surface area contributed by atoms with Crippen LogP contribution in [0, 0.1) is 0 Å². The van der Waals surface area contributed by atoms with Crippen molar-refractivity contribution in [2.75, 3.05) is 18.7 Å². The van der Waals surface area contributed by atoms with Crippen LogP contribution in [0.25, 0.3) is 10.8 Å². The first-order valence-corrected chi connectivity index (χ1v) is 8.83. The Bertz CT molecular complexity index is 617. The zero-order valence-corrected chi connectivity index (χ0v) is 13.5. The van der Waals surface area contributed by atoms with Crippen molar-refractivity contribution in [3.05, 3.63) is 30.5 Å². The van der Waals surface area contributed by atoms with Crippen molar-refractivity contribution in [3.63, 3.8) is 0 Å². The van der Waals surface area contributed by atoms with Crippen molar-refractivity contribution in [3.8, 4) is 5.75 Å². The maximum absolute atomic E-state index is 5.46. The number of methoxy groups -OCH3 is 1. The lowest BCUT2D eigenvalue weighted by Crippen LogP contribution is -2.34. The first-order chi connectivity index (χ1) is 10.3. The van der Waals surface area contributed by atoms with Gasteiger partial charge in [0.05, 0.1) is 7.11 Å². The number of aromatic nitrogens is 1. The third kappa shape index (κ3) is 2.95. The van der Waals surface area contributed by atoms with Crippen molar-refractivity contribution < 1.29 is 4.74 Å². The summed E-state index contributed by atoms with van der Waals surface area (Å²) in [6.07, 6.45) is 9.26. The number of anilines is 1. The predicted molar refractivity (Wildman–Crippen MR) is 91.5 cm³/mol. The summed E-state index contributed by atoms with van der Waals surface area (Å²) in [6, 6.07) is 8.67. The number of nitrogens with one attached hydrogen (secondary N) is 1. The Kier molecular flexibility index (Phi) is 4.54. The molecule has 2 unspecified atom stereocenters. The van der Waals surface area contributed by atoms with E-state index in [9.17, 15) is 0 Å². The number of thioether (sulfide) groups is 1. The quantitative estimate of drug-likeness (QED) is 0.911. The van der Waals surface area contributed by atoms with Gasteiger partial charge in [0.15, 0.2) is 0 Å². The highest BCUT2D eigenvalue weighted by Crippen LogP contribution is 2.33. The Morgan fingerprint density at radius 2 is 2.05 bits per heavy atom. The minimum Gasteiger partial charge on any atom is -0.496 e. The number of fused-ring (bicyclic) bond motifs is 1. The molecular formula is C17H22N2OS. The molecule has 1 aliphatic rings. The fraction of sp³-hybridized carbons (Fsp3) is 0.471. The molecule has 112 valence electrons. The highest BCUT2D eigenvalue weighted by atomic mass is 32.2. The third-order valence-corrected chi connectivity index (χ3v) is 5.48. The van der Waals surface area contributed by atoms with Gasteiger partial charge in [0, 0.05) is 28.3 Å². The minimum absolute atomic E-state index is 0.512. The molecule has 0 saturated heterocycles. The van der Waals surface area contributed by atoms with Crippen LogP contribution in [-0.2, 0) is 0 Å². The van der Waals surface area contributed by atoms with Crippen LogP contribution in [0.3, 0.4) is 0 Å². The average Bonchev–Trinajstić information content (AvgIpc) is 2.55. The molecule has 1 fully saturated rings. The molecule has 3 nitrogen and oxygen atoms in total. The summed E-state index contributed by atoms with van der Waals surface area (Å²) >= 11 is 1.97. The molecule has 0 aliphatic heterocycles. The lowest BCUT2D eigenvalue weighted by atomic mass is 9.94. The summed E-state index contributed by atoms with van der Waals surface area (Å²) in [5, 5.41) is 6.63. The van der Waals surface area contributed by atoms with Crippen LogP contribution in [0.1, 0.15) is 25.7 Å². The van der Waals surface area contributed by atoms with Gasteiger partial charge in [-0.1, -0.05) is 25.0 Å². The topological polar surface area (TPSA) is 34.1 Å². The Morgan fingerprint density at radius 1 is 1.19 bits per heavy atom. The molecule has 1 N–H and O–H groups in total. The van der Waals surface area contributed by atoms with E-state index in [1.54, 1.807) is 7.11 Å². The normalized spacial score (nSPS) is 22.2. The molecule has 1 aliphatic carbocycles. The molecule has 21 heavy (non-hydrogen) atoms. The standard InChI is InChI=1S/C17H22N2OS/c1-20-15-8-5-6-13-12(15)10-11-18-17(13)19-14-7-3-4-9-16(14)21-2/h5-6,8,10-11,14,16H,3-4,7,9H2,1-2H3,(H,18,19). The van der Waals surface area contributed by atoms with Gasteiger partial charge in [-0.2, -0.15) is 11.8 Å². The van der Waals surface area contributed by atoms with E-state index < -0.39 is 0 Å². The Morgan fingerprint density at radius 3 is 2.86 bits per heavy atom. The van der Waals surface area contributed by atoms with E-state index in [4.69, 9.17) is 4.74 Å². The number of pyridine rings is 1. The van der Waals surface area contributed by atoms with E-state index >= 15 is 0 Å². The number of benzene rings is 1. The van der Waals surface area contributed by atoms with Gasteiger partial charge in [-0.05, 0) is 31.2 Å². The molecule has 2 atom stereocenters. The molecule has 4 heteroatoms. The summed E-state index contributed by atoms with van der Waals surface area (Å²) in [5.74, 6) is 1.89. The van der Waals surface area contributed by atoms with Gasteiger partial charge < -0.3 is 10.1 Å². The Labute approximate surface area is 130 Å². The Balaban J connectivity index is 1.93. The van der Waals surface area contributed by atoms with Gasteiger partial charge in [0.1, 0.15) is 11.6 Å². The van der Waals surface area contributed by atoms with Crippen molar-refractivity contribution in [2.24, 2.45) is 0 Å². The largest absolute Gasteiger partial charge is 0.496 e. The second-order valence-corrected chi connectivity index (χ2v) is 6.60. The van der Waals surface area contributed by atoms with Gasteiger partial charge >= 0.3 is 0 Å². The second-order valence-electron chi connectivity index (χ2n) is 5.52. The lowest BCUT2D eigenvalue weighted by molar-refractivity contribution is 0.420. The van der Waals surface area contributed by atoms with Crippen molar-refractivity contribution >= 4 is 28.4 Å². The van der Waals surface area contributed by atoms with Gasteiger partial charge in [-0.3, -0.25) is 0 Å². The van der Waals surface area contributed by atoms with Gasteiger partial charge in [0.25, 0.3) is 0 Å². The molecule has 2 aromatic rings. The maximum atomic E-state index is 5.46. The zero-order chi connectivity index (χ0) is 14.7. The van der Waals surface area contributed by atoms with Crippen LogP contribution in [0.15, 0.2) is 30.5 Å². The molecule has 1 aromatic carbocycles. The molecule has 1 saturated carbocycles. The SMILES string of the molecule is COc1cccc2c(NC3CCCCC3SC)nccc12. The third-order valence-electron chi connectivity index (χ3n) is 4.31. The molecule has 0 bridgehead atoms. The van der Waals surface area contributed by atoms with E-state index in [-0.39, 0.29) is 0 Å². The zero-order valence-electron chi connectivity index (χ0n) is 12.6. The minimum atomic E-state index is 0.512. The van der Waals surface area contributed by atoms with Crippen LogP contribution < -0.4 is 10.1 Å². The molecule has 1 heterocycles. The monoisotopic (exact) mass is 302 g/mol. The molecule has 3 rings (SSSR count). The summed E-state index contributed by atoms with van der Waals surface area (Å²) in [4.78, 5) is 4.57. The first kappa shape index (κ1) is 14.5. The molecule has 1 aromatic heterocycles. The van der Waals surface area contributed by atoms with Crippen molar-refractivity contribution in [2.45, 2.75) is 37.0 Å². The first-order valence-electron chi connectivity index (χ1n) is 7.54. The van der Waals surface area contributed by atoms with Crippen molar-refractivity contribution in [1.29, 1.82) is 0 Å². The predicted octanol–water partition coefficient (Wildman–Crippen LogP) is 4.33. The average molecular weight is 302 g/mol. The summed E-state index contributed by atoms with van der Waals surface area (Å²) in [7, 11) is 1.72. The number of hydrogen-bond donors (Lipinski definition) is 1.